The summed E-state index contributed by atoms with van der Waals surface area (Å²) in [4.78, 5) is 16.2. The summed E-state index contributed by atoms with van der Waals surface area (Å²) >= 11 is 0. The Morgan fingerprint density at radius 2 is 1.95 bits per heavy atom. The summed E-state index contributed by atoms with van der Waals surface area (Å²) < 4.78 is 1.52. The molecule has 0 unspecified atom stereocenters. The van der Waals surface area contributed by atoms with Crippen molar-refractivity contribution < 1.29 is 4.79 Å². The second kappa shape index (κ2) is 5.49. The van der Waals surface area contributed by atoms with E-state index in [4.69, 9.17) is 0 Å². The smallest absolute Gasteiger partial charge is 0.256 e. The number of pyridine rings is 1. The van der Waals surface area contributed by atoms with Crippen LogP contribution < -0.4 is 5.32 Å². The molecule has 21 heavy (non-hydrogen) atoms. The van der Waals surface area contributed by atoms with Crippen LogP contribution in [0.3, 0.4) is 0 Å². The minimum absolute atomic E-state index is 0.213. The number of carbonyl (C=O) groups excluding carboxylic acids is 1. The minimum atomic E-state index is -0.213. The van der Waals surface area contributed by atoms with E-state index in [9.17, 15) is 4.79 Å². The molecule has 2 heterocycles. The van der Waals surface area contributed by atoms with Gasteiger partial charge in [-0.25, -0.2) is 9.67 Å². The molecular weight excluding hydrogens is 268 g/mol. The molecule has 1 N–H and O–H groups in total. The molecule has 1 amide bonds. The fourth-order valence-corrected chi connectivity index (χ4v) is 1.78. The molecule has 0 atom stereocenters. The molecule has 0 aliphatic rings. The van der Waals surface area contributed by atoms with Crippen LogP contribution >= 0.6 is 0 Å². The van der Waals surface area contributed by atoms with Gasteiger partial charge in [0.15, 0.2) is 0 Å². The van der Waals surface area contributed by atoms with Gasteiger partial charge in [0.25, 0.3) is 5.91 Å². The van der Waals surface area contributed by atoms with Crippen LogP contribution in [0.4, 0.5) is 5.82 Å². The third kappa shape index (κ3) is 2.92. The molecule has 0 radical (unpaired) electrons. The standard InChI is InChI=1S/C14H12N6O/c1-10-2-7-13(15-8-10)17-14(21)11-3-5-12(6-4-11)20-9-16-18-19-20/h2-9H,1H3,(H,15,17,21). The molecule has 104 valence electrons. The Morgan fingerprint density at radius 1 is 1.14 bits per heavy atom. The summed E-state index contributed by atoms with van der Waals surface area (Å²) in [5.41, 5.74) is 2.36. The van der Waals surface area contributed by atoms with Gasteiger partial charge < -0.3 is 5.32 Å². The van der Waals surface area contributed by atoms with Crippen molar-refractivity contribution in [3.63, 3.8) is 0 Å². The van der Waals surface area contributed by atoms with Crippen molar-refractivity contribution in [1.82, 2.24) is 25.2 Å². The Hall–Kier alpha value is -3.09. The van der Waals surface area contributed by atoms with Gasteiger partial charge in [0.1, 0.15) is 12.1 Å². The number of benzene rings is 1. The number of carbonyl (C=O) groups is 1. The van der Waals surface area contributed by atoms with Gasteiger partial charge in [-0.1, -0.05) is 6.07 Å². The van der Waals surface area contributed by atoms with Crippen LogP contribution in [-0.2, 0) is 0 Å². The summed E-state index contributed by atoms with van der Waals surface area (Å²) in [6.07, 6.45) is 3.20. The molecule has 0 saturated carbocycles. The molecule has 0 saturated heterocycles. The van der Waals surface area contributed by atoms with Gasteiger partial charge in [-0.2, -0.15) is 0 Å². The van der Waals surface area contributed by atoms with Gasteiger partial charge in [0, 0.05) is 11.8 Å². The van der Waals surface area contributed by atoms with E-state index in [2.05, 4.69) is 25.8 Å². The lowest BCUT2D eigenvalue weighted by Crippen LogP contribution is -2.13. The molecule has 0 fully saturated rings. The van der Waals surface area contributed by atoms with Crippen LogP contribution in [0.15, 0.2) is 48.9 Å². The molecule has 2 aromatic heterocycles. The number of tetrazole rings is 1. The molecule has 0 aliphatic heterocycles. The van der Waals surface area contributed by atoms with Crippen molar-refractivity contribution in [2.45, 2.75) is 6.92 Å². The van der Waals surface area contributed by atoms with Crippen LogP contribution in [0.1, 0.15) is 15.9 Å². The van der Waals surface area contributed by atoms with Crippen LogP contribution in [0.5, 0.6) is 0 Å². The summed E-state index contributed by atoms with van der Waals surface area (Å²) in [6.45, 7) is 1.94. The van der Waals surface area contributed by atoms with Gasteiger partial charge in [-0.15, -0.1) is 5.10 Å². The number of rotatable bonds is 3. The number of nitrogens with zero attached hydrogens (tertiary/aromatic N) is 5. The van der Waals surface area contributed by atoms with E-state index in [0.717, 1.165) is 11.3 Å². The Labute approximate surface area is 120 Å². The van der Waals surface area contributed by atoms with Crippen LogP contribution in [-0.4, -0.2) is 31.1 Å². The van der Waals surface area contributed by atoms with Crippen LogP contribution in [0, 0.1) is 6.92 Å². The van der Waals surface area contributed by atoms with Crippen molar-refractivity contribution in [2.24, 2.45) is 0 Å². The van der Waals surface area contributed by atoms with Crippen molar-refractivity contribution >= 4 is 11.7 Å². The lowest BCUT2D eigenvalue weighted by Gasteiger charge is -2.05. The maximum absolute atomic E-state index is 12.1. The molecular formula is C14H12N6O. The molecule has 0 spiro atoms. The highest BCUT2D eigenvalue weighted by atomic mass is 16.1. The third-order valence-electron chi connectivity index (χ3n) is 2.90. The number of nitrogens with one attached hydrogen (secondary N) is 1. The first-order valence-electron chi connectivity index (χ1n) is 6.30. The SMILES string of the molecule is Cc1ccc(NC(=O)c2ccc(-n3cnnn3)cc2)nc1. The highest BCUT2D eigenvalue weighted by Crippen LogP contribution is 2.10. The highest BCUT2D eigenvalue weighted by molar-refractivity contribution is 6.03. The highest BCUT2D eigenvalue weighted by Gasteiger charge is 2.07. The molecule has 3 rings (SSSR count). The second-order valence-electron chi connectivity index (χ2n) is 4.48. The van der Waals surface area contributed by atoms with Gasteiger partial charge in [-0.05, 0) is 53.2 Å². The average molecular weight is 280 g/mol. The molecule has 3 aromatic rings. The normalized spacial score (nSPS) is 10.3. The number of anilines is 1. The van der Waals surface area contributed by atoms with Crippen molar-refractivity contribution in [3.8, 4) is 5.69 Å². The molecule has 0 aliphatic carbocycles. The molecule has 7 heteroatoms. The monoisotopic (exact) mass is 280 g/mol. The quantitative estimate of drug-likeness (QED) is 0.788. The van der Waals surface area contributed by atoms with E-state index in [1.807, 2.05) is 13.0 Å². The van der Waals surface area contributed by atoms with Crippen molar-refractivity contribution in [2.75, 3.05) is 5.32 Å². The molecule has 7 nitrogen and oxygen atoms in total. The first kappa shape index (κ1) is 12.9. The Bertz CT molecular complexity index is 734. The van der Waals surface area contributed by atoms with E-state index >= 15 is 0 Å². The fraction of sp³-hybridized carbons (Fsp3) is 0.0714. The third-order valence-corrected chi connectivity index (χ3v) is 2.90. The molecule has 1 aromatic carbocycles. The summed E-state index contributed by atoms with van der Waals surface area (Å²) in [5.74, 6) is 0.310. The maximum Gasteiger partial charge on any atom is 0.256 e. The summed E-state index contributed by atoms with van der Waals surface area (Å²) in [7, 11) is 0. The zero-order valence-corrected chi connectivity index (χ0v) is 11.3. The maximum atomic E-state index is 12.1. The number of aryl methyl sites for hydroxylation is 1. The minimum Gasteiger partial charge on any atom is -0.307 e. The van der Waals surface area contributed by atoms with Crippen molar-refractivity contribution in [1.29, 1.82) is 0 Å². The Kier molecular flexibility index (Phi) is 3.38. The Balaban J connectivity index is 1.74. The predicted molar refractivity (Wildman–Crippen MR) is 76.1 cm³/mol. The van der Waals surface area contributed by atoms with E-state index in [1.165, 1.54) is 11.0 Å². The van der Waals surface area contributed by atoms with Gasteiger partial charge in [-0.3, -0.25) is 4.79 Å². The topological polar surface area (TPSA) is 85.6 Å². The summed E-state index contributed by atoms with van der Waals surface area (Å²) in [5, 5.41) is 13.7. The number of hydrogen-bond acceptors (Lipinski definition) is 5. The first-order chi connectivity index (χ1) is 10.2. The van der Waals surface area contributed by atoms with Crippen molar-refractivity contribution in [3.05, 3.63) is 60.0 Å². The van der Waals surface area contributed by atoms with Gasteiger partial charge >= 0.3 is 0 Å². The second-order valence-corrected chi connectivity index (χ2v) is 4.48. The number of hydrogen-bond donors (Lipinski definition) is 1. The van der Waals surface area contributed by atoms with Crippen LogP contribution in [0.25, 0.3) is 5.69 Å². The predicted octanol–water partition coefficient (Wildman–Crippen LogP) is 1.62. The molecule has 0 bridgehead atoms. The number of aromatic nitrogens is 5. The van der Waals surface area contributed by atoms with E-state index in [1.54, 1.807) is 36.5 Å². The van der Waals surface area contributed by atoms with Gasteiger partial charge in [0.2, 0.25) is 0 Å². The lowest BCUT2D eigenvalue weighted by atomic mass is 10.2. The van der Waals surface area contributed by atoms with Gasteiger partial charge in [0.05, 0.1) is 5.69 Å². The summed E-state index contributed by atoms with van der Waals surface area (Å²) in [6, 6.07) is 10.6. The van der Waals surface area contributed by atoms with E-state index in [-0.39, 0.29) is 5.91 Å². The van der Waals surface area contributed by atoms with E-state index in [0.29, 0.717) is 11.4 Å². The lowest BCUT2D eigenvalue weighted by molar-refractivity contribution is 0.102. The van der Waals surface area contributed by atoms with Crippen LogP contribution in [0.2, 0.25) is 0 Å². The zero-order valence-electron chi connectivity index (χ0n) is 11.3. The largest absolute Gasteiger partial charge is 0.307 e. The average Bonchev–Trinajstić information content (AvgIpc) is 3.04. The zero-order chi connectivity index (χ0) is 14.7. The van der Waals surface area contributed by atoms with E-state index < -0.39 is 0 Å². The first-order valence-corrected chi connectivity index (χ1v) is 6.30. The fourth-order valence-electron chi connectivity index (χ4n) is 1.78. The number of amides is 1. The Morgan fingerprint density at radius 3 is 2.57 bits per heavy atom.